The number of hydrogen-bond acceptors (Lipinski definition) is 4. The van der Waals surface area contributed by atoms with E-state index in [-0.39, 0.29) is 21.1 Å². The Morgan fingerprint density at radius 2 is 1.21 bits per heavy atom. The van der Waals surface area contributed by atoms with Gasteiger partial charge in [-0.25, -0.2) is 0 Å². The summed E-state index contributed by atoms with van der Waals surface area (Å²) in [7, 11) is -2.75. The maximum atomic E-state index is 5.34. The van der Waals surface area contributed by atoms with Crippen molar-refractivity contribution in [1.29, 1.82) is 0 Å². The predicted octanol–water partition coefficient (Wildman–Crippen LogP) is 4.34. The monoisotopic (exact) mass is 761 g/mol. The Balaban J connectivity index is 0.000000389. The van der Waals surface area contributed by atoms with E-state index in [4.69, 9.17) is 22.6 Å². The van der Waals surface area contributed by atoms with Crippen molar-refractivity contribution in [3.63, 3.8) is 0 Å². The molecule has 3 aromatic carbocycles. The number of pyridine rings is 2. The number of aromatic nitrogens is 4. The van der Waals surface area contributed by atoms with Crippen molar-refractivity contribution in [3.8, 4) is 11.4 Å². The maximum absolute atomic E-state index is 5.34. The molecule has 0 bridgehead atoms. The fourth-order valence-corrected chi connectivity index (χ4v) is 10.2. The van der Waals surface area contributed by atoms with Gasteiger partial charge in [0.05, 0.1) is 0 Å². The van der Waals surface area contributed by atoms with Gasteiger partial charge in [-0.1, -0.05) is 109 Å². The van der Waals surface area contributed by atoms with Gasteiger partial charge in [-0.3, -0.25) is 9.97 Å². The normalized spacial score (nSPS) is 12.3. The molecule has 0 radical (unpaired) electrons. The second kappa shape index (κ2) is 14.0. The SMILES string of the molecule is [Pt+2].[S-]c1ccccc1.c1ccc([Si](c2ccccc2)(c2ccccn2)c2cccc(-c3[n-]nc4c3CCCC4)n2)cc1. The summed E-state index contributed by atoms with van der Waals surface area (Å²) in [6.07, 6.45) is 6.32. The van der Waals surface area contributed by atoms with E-state index in [9.17, 15) is 0 Å². The maximum Gasteiger partial charge on any atom is 2.00 e. The van der Waals surface area contributed by atoms with Crippen LogP contribution in [-0.2, 0) is 46.5 Å². The van der Waals surface area contributed by atoms with Gasteiger partial charge in [0.1, 0.15) is 0 Å². The minimum atomic E-state index is -2.75. The van der Waals surface area contributed by atoms with Crippen LogP contribution in [-0.4, -0.2) is 23.1 Å². The summed E-state index contributed by atoms with van der Waals surface area (Å²) in [6.45, 7) is 0. The first-order valence-electron chi connectivity index (χ1n) is 14.0. The summed E-state index contributed by atoms with van der Waals surface area (Å²) in [4.78, 5) is 11.2. The first-order chi connectivity index (χ1) is 20.3. The van der Waals surface area contributed by atoms with Gasteiger partial charge < -0.3 is 22.8 Å². The molecule has 42 heavy (non-hydrogen) atoms. The van der Waals surface area contributed by atoms with Crippen molar-refractivity contribution in [2.45, 2.75) is 30.6 Å². The zero-order valence-corrected chi connectivity index (χ0v) is 27.1. The zero-order chi connectivity index (χ0) is 27.9. The van der Waals surface area contributed by atoms with E-state index in [1.165, 1.54) is 28.8 Å². The van der Waals surface area contributed by atoms with Crippen LogP contribution in [0.15, 0.2) is 138 Å². The quantitative estimate of drug-likeness (QED) is 0.194. The number of rotatable bonds is 5. The predicted molar refractivity (Wildman–Crippen MR) is 171 cm³/mol. The van der Waals surface area contributed by atoms with Crippen molar-refractivity contribution in [3.05, 3.63) is 145 Å². The van der Waals surface area contributed by atoms with Gasteiger partial charge in [-0.15, -0.1) is 0 Å². The van der Waals surface area contributed by atoms with Crippen LogP contribution in [0.3, 0.4) is 0 Å². The molecule has 0 fully saturated rings. The molecule has 210 valence electrons. The number of nitrogens with zero attached hydrogens (tertiary/aromatic N) is 4. The third kappa shape index (κ3) is 6.07. The molecule has 0 spiro atoms. The van der Waals surface area contributed by atoms with Gasteiger partial charge >= 0.3 is 21.1 Å². The Bertz CT molecular complexity index is 1600. The Morgan fingerprint density at radius 3 is 1.81 bits per heavy atom. The van der Waals surface area contributed by atoms with Crippen LogP contribution in [0, 0.1) is 0 Å². The Hall–Kier alpha value is -3.70. The molecular formula is C35H30N4PtSSi. The molecule has 0 amide bonds. The van der Waals surface area contributed by atoms with Gasteiger partial charge in [0.2, 0.25) is 8.07 Å². The second-order valence-corrected chi connectivity index (χ2v) is 14.2. The standard InChI is InChI=1S/C29H25N4Si.C6H6S.Pt/c1-3-12-22(13-4-1)34(23-14-5-2-6-15-23,27-19-9-10-21-30-27)28-20-11-18-26(31-28)29-24-16-7-8-17-25(24)32-33-29;7-6-4-2-1-3-5-6;/h1-6,9-15,18-21H,7-8,16-17H2;1-5,7H;/q-1;;+2/p-1. The summed E-state index contributed by atoms with van der Waals surface area (Å²) >= 11 is 4.81. The second-order valence-electron chi connectivity index (χ2n) is 10.1. The number of hydrogen-bond donors (Lipinski definition) is 0. The van der Waals surface area contributed by atoms with Gasteiger partial charge in [0.25, 0.3) is 0 Å². The topological polar surface area (TPSA) is 52.8 Å². The van der Waals surface area contributed by atoms with E-state index in [1.54, 1.807) is 0 Å². The molecule has 7 heteroatoms. The summed E-state index contributed by atoms with van der Waals surface area (Å²) in [5.41, 5.74) is 4.28. The first-order valence-corrected chi connectivity index (χ1v) is 16.4. The summed E-state index contributed by atoms with van der Waals surface area (Å²) in [5, 5.41) is 13.8. The fourth-order valence-electron chi connectivity index (χ4n) is 5.68. The number of benzene rings is 3. The Morgan fingerprint density at radius 1 is 0.619 bits per heavy atom. The summed E-state index contributed by atoms with van der Waals surface area (Å²) < 4.78 is 0. The smallest absolute Gasteiger partial charge is 0.780 e. The molecule has 0 saturated carbocycles. The average Bonchev–Trinajstić information content (AvgIpc) is 3.48. The third-order valence-corrected chi connectivity index (χ3v) is 12.4. The van der Waals surface area contributed by atoms with Crippen LogP contribution < -0.4 is 26.1 Å². The molecule has 0 saturated heterocycles. The fraction of sp³-hybridized carbons (Fsp3) is 0.114. The van der Waals surface area contributed by atoms with E-state index in [0.717, 1.165) is 45.5 Å². The van der Waals surface area contributed by atoms with E-state index in [0.29, 0.717) is 0 Å². The molecule has 7 rings (SSSR count). The Labute approximate surface area is 268 Å². The van der Waals surface area contributed by atoms with Crippen LogP contribution >= 0.6 is 0 Å². The first kappa shape index (κ1) is 29.8. The molecule has 6 aromatic rings. The molecule has 4 nitrogen and oxygen atoms in total. The molecule has 0 unspecified atom stereocenters. The largest absolute Gasteiger partial charge is 2.00 e. The number of fused-ring (bicyclic) bond motifs is 1. The molecular weight excluding hydrogens is 732 g/mol. The van der Waals surface area contributed by atoms with Crippen molar-refractivity contribution in [2.75, 3.05) is 0 Å². The van der Waals surface area contributed by atoms with E-state index < -0.39 is 8.07 Å². The van der Waals surface area contributed by atoms with E-state index in [2.05, 4.69) is 101 Å². The van der Waals surface area contributed by atoms with Gasteiger partial charge in [-0.2, -0.15) is 4.90 Å². The van der Waals surface area contributed by atoms with Crippen LogP contribution in [0.2, 0.25) is 0 Å². The van der Waals surface area contributed by atoms with Crippen LogP contribution in [0.4, 0.5) is 0 Å². The van der Waals surface area contributed by atoms with Crippen LogP contribution in [0.25, 0.3) is 11.4 Å². The van der Waals surface area contributed by atoms with E-state index >= 15 is 0 Å². The minimum absolute atomic E-state index is 0. The summed E-state index contributed by atoms with van der Waals surface area (Å²) in [6, 6.07) is 43.7. The molecule has 3 aromatic heterocycles. The van der Waals surface area contributed by atoms with E-state index in [1.807, 2.05) is 42.6 Å². The molecule has 0 aliphatic heterocycles. The van der Waals surface area contributed by atoms with Crippen molar-refractivity contribution >= 4 is 41.7 Å². The summed E-state index contributed by atoms with van der Waals surface area (Å²) in [5.74, 6) is 0. The van der Waals surface area contributed by atoms with Gasteiger partial charge in [0, 0.05) is 28.2 Å². The van der Waals surface area contributed by atoms with Crippen LogP contribution in [0.5, 0.6) is 0 Å². The van der Waals surface area contributed by atoms with Crippen LogP contribution in [0.1, 0.15) is 24.1 Å². The molecule has 1 aliphatic carbocycles. The molecule has 1 aliphatic rings. The van der Waals surface area contributed by atoms with Crippen molar-refractivity contribution < 1.29 is 21.1 Å². The van der Waals surface area contributed by atoms with Gasteiger partial charge in [-0.05, 0) is 65.9 Å². The van der Waals surface area contributed by atoms with Crippen molar-refractivity contribution in [2.24, 2.45) is 0 Å². The zero-order valence-electron chi connectivity index (χ0n) is 23.0. The van der Waals surface area contributed by atoms with Gasteiger partial charge in [0.15, 0.2) is 0 Å². The Kier molecular flexibility index (Phi) is 9.91. The van der Waals surface area contributed by atoms with Crippen molar-refractivity contribution in [1.82, 2.24) is 20.2 Å². The molecule has 0 N–H and O–H groups in total. The minimum Gasteiger partial charge on any atom is -0.780 e. The molecule has 0 atom stereocenters. The molecule has 3 heterocycles. The third-order valence-electron chi connectivity index (χ3n) is 7.58. The average molecular weight is 762 g/mol. The number of aryl methyl sites for hydroxylation is 1.